The molecule has 0 radical (unpaired) electrons. The molecular formula is C13H17NO4S. The predicted octanol–water partition coefficient (Wildman–Crippen LogP) is 0.687. The number of rotatable bonds is 2. The van der Waals surface area contributed by atoms with E-state index in [1.165, 1.54) is 24.3 Å². The first kappa shape index (κ1) is 14.0. The van der Waals surface area contributed by atoms with Crippen LogP contribution in [0.3, 0.4) is 0 Å². The fourth-order valence-corrected chi connectivity index (χ4v) is 2.80. The van der Waals surface area contributed by atoms with Crippen LogP contribution in [0.1, 0.15) is 23.2 Å². The van der Waals surface area contributed by atoms with Crippen LogP contribution in [-0.2, 0) is 9.84 Å². The van der Waals surface area contributed by atoms with Crippen molar-refractivity contribution in [3.63, 3.8) is 0 Å². The second kappa shape index (κ2) is 5.30. The van der Waals surface area contributed by atoms with Crippen molar-refractivity contribution in [2.75, 3.05) is 19.3 Å². The Morgan fingerprint density at radius 1 is 1.32 bits per heavy atom. The van der Waals surface area contributed by atoms with Crippen LogP contribution in [0.2, 0.25) is 0 Å². The predicted molar refractivity (Wildman–Crippen MR) is 70.7 cm³/mol. The number of β-amino-alcohol motifs (C(OH)–C–C–N with tert-alkyl or cyclic N) is 1. The summed E-state index contributed by atoms with van der Waals surface area (Å²) in [4.78, 5) is 14.0. The second-order valence-electron chi connectivity index (χ2n) is 4.84. The molecule has 0 aliphatic carbocycles. The quantitative estimate of drug-likeness (QED) is 0.866. The highest BCUT2D eigenvalue weighted by molar-refractivity contribution is 7.90. The molecule has 0 aromatic heterocycles. The van der Waals surface area contributed by atoms with Gasteiger partial charge in [0.25, 0.3) is 5.91 Å². The van der Waals surface area contributed by atoms with Crippen LogP contribution >= 0.6 is 0 Å². The third-order valence-electron chi connectivity index (χ3n) is 3.21. The minimum absolute atomic E-state index is 0.168. The van der Waals surface area contributed by atoms with Crippen molar-refractivity contribution in [3.05, 3.63) is 29.8 Å². The zero-order chi connectivity index (χ0) is 14.0. The van der Waals surface area contributed by atoms with Gasteiger partial charge in [-0.25, -0.2) is 8.42 Å². The Kier molecular flexibility index (Phi) is 3.91. The summed E-state index contributed by atoms with van der Waals surface area (Å²) in [7, 11) is -3.24. The van der Waals surface area contributed by atoms with Gasteiger partial charge in [-0.05, 0) is 37.1 Å². The number of carbonyl (C=O) groups excluding carboxylic acids is 1. The molecule has 0 saturated carbocycles. The Balaban J connectivity index is 2.16. The molecule has 5 nitrogen and oxygen atoms in total. The highest BCUT2D eigenvalue weighted by atomic mass is 32.2. The average Bonchev–Trinajstić information content (AvgIpc) is 2.37. The zero-order valence-electron chi connectivity index (χ0n) is 10.7. The Hall–Kier alpha value is -1.40. The molecule has 1 saturated heterocycles. The first-order valence-electron chi connectivity index (χ1n) is 6.15. The lowest BCUT2D eigenvalue weighted by atomic mass is 10.1. The van der Waals surface area contributed by atoms with Crippen LogP contribution < -0.4 is 0 Å². The highest BCUT2D eigenvalue weighted by Gasteiger charge is 2.23. The summed E-state index contributed by atoms with van der Waals surface area (Å²) in [6.45, 7) is 0.969. The number of hydrogen-bond acceptors (Lipinski definition) is 4. The number of benzene rings is 1. The van der Waals surface area contributed by atoms with E-state index in [-0.39, 0.29) is 10.8 Å². The third kappa shape index (κ3) is 3.33. The normalized spacial score (nSPS) is 20.3. The van der Waals surface area contributed by atoms with Gasteiger partial charge in [0.2, 0.25) is 0 Å². The van der Waals surface area contributed by atoms with E-state index in [4.69, 9.17) is 0 Å². The summed E-state index contributed by atoms with van der Waals surface area (Å²) in [5, 5.41) is 9.55. The molecule has 1 aromatic carbocycles. The number of carbonyl (C=O) groups is 1. The molecule has 1 heterocycles. The maximum Gasteiger partial charge on any atom is 0.253 e. The average molecular weight is 283 g/mol. The molecular weight excluding hydrogens is 266 g/mol. The Morgan fingerprint density at radius 2 is 1.95 bits per heavy atom. The van der Waals surface area contributed by atoms with Crippen LogP contribution in [0.15, 0.2) is 29.2 Å². The van der Waals surface area contributed by atoms with Gasteiger partial charge >= 0.3 is 0 Å². The zero-order valence-corrected chi connectivity index (χ0v) is 11.6. The maximum atomic E-state index is 12.2. The molecule has 1 amide bonds. The van der Waals surface area contributed by atoms with Gasteiger partial charge in [-0.2, -0.15) is 0 Å². The summed E-state index contributed by atoms with van der Waals surface area (Å²) < 4.78 is 22.7. The van der Waals surface area contributed by atoms with Crippen molar-refractivity contribution in [3.8, 4) is 0 Å². The van der Waals surface area contributed by atoms with Crippen molar-refractivity contribution in [2.45, 2.75) is 23.8 Å². The maximum absolute atomic E-state index is 12.2. The number of aliphatic hydroxyl groups is 1. The number of likely N-dealkylation sites (tertiary alicyclic amines) is 1. The van der Waals surface area contributed by atoms with Crippen molar-refractivity contribution in [1.82, 2.24) is 4.90 Å². The van der Waals surface area contributed by atoms with E-state index in [2.05, 4.69) is 0 Å². The fraction of sp³-hybridized carbons (Fsp3) is 0.462. The summed E-state index contributed by atoms with van der Waals surface area (Å²) >= 11 is 0. The number of hydrogen-bond donors (Lipinski definition) is 1. The molecule has 1 aliphatic rings. The smallest absolute Gasteiger partial charge is 0.253 e. The monoisotopic (exact) mass is 283 g/mol. The molecule has 1 fully saturated rings. The molecule has 1 N–H and O–H groups in total. The minimum Gasteiger partial charge on any atom is -0.391 e. The van der Waals surface area contributed by atoms with Gasteiger partial charge in [-0.3, -0.25) is 4.79 Å². The van der Waals surface area contributed by atoms with Crippen LogP contribution in [0, 0.1) is 0 Å². The van der Waals surface area contributed by atoms with Crippen LogP contribution in [0.4, 0.5) is 0 Å². The molecule has 1 atom stereocenters. The van der Waals surface area contributed by atoms with Crippen LogP contribution in [-0.4, -0.2) is 49.8 Å². The molecule has 0 bridgehead atoms. The largest absolute Gasteiger partial charge is 0.391 e. The van der Waals surface area contributed by atoms with Crippen molar-refractivity contribution < 1.29 is 18.3 Å². The first-order chi connectivity index (χ1) is 8.88. The minimum atomic E-state index is -3.24. The summed E-state index contributed by atoms with van der Waals surface area (Å²) in [5.41, 5.74) is 0.446. The van der Waals surface area contributed by atoms with E-state index < -0.39 is 15.9 Å². The molecule has 104 valence electrons. The van der Waals surface area contributed by atoms with Gasteiger partial charge in [0.05, 0.1) is 11.0 Å². The van der Waals surface area contributed by atoms with Gasteiger partial charge < -0.3 is 10.0 Å². The summed E-state index contributed by atoms with van der Waals surface area (Å²) in [5.74, 6) is -0.168. The van der Waals surface area contributed by atoms with E-state index in [0.29, 0.717) is 18.7 Å². The van der Waals surface area contributed by atoms with E-state index in [1.807, 2.05) is 0 Å². The Labute approximate surface area is 112 Å². The molecule has 19 heavy (non-hydrogen) atoms. The van der Waals surface area contributed by atoms with Crippen molar-refractivity contribution in [1.29, 1.82) is 0 Å². The highest BCUT2D eigenvalue weighted by Crippen LogP contribution is 2.16. The lowest BCUT2D eigenvalue weighted by molar-refractivity contribution is 0.0473. The standard InChI is InChI=1S/C13H17NO4S/c1-19(17,18)12-6-4-10(5-7-12)13(16)14-8-2-3-11(15)9-14/h4-7,11,15H,2-3,8-9H2,1H3/t11-/m0/s1. The number of aliphatic hydroxyl groups excluding tert-OH is 1. The fourth-order valence-electron chi connectivity index (χ4n) is 2.17. The lowest BCUT2D eigenvalue weighted by Crippen LogP contribution is -2.42. The van der Waals surface area contributed by atoms with Crippen molar-refractivity contribution >= 4 is 15.7 Å². The number of nitrogens with zero attached hydrogens (tertiary/aromatic N) is 1. The molecule has 1 aromatic rings. The van der Waals surface area contributed by atoms with Crippen LogP contribution in [0.25, 0.3) is 0 Å². The lowest BCUT2D eigenvalue weighted by Gasteiger charge is -2.30. The number of amides is 1. The van der Waals surface area contributed by atoms with Crippen molar-refractivity contribution in [2.24, 2.45) is 0 Å². The molecule has 2 rings (SSSR count). The molecule has 0 unspecified atom stereocenters. The van der Waals surface area contributed by atoms with E-state index in [0.717, 1.165) is 19.1 Å². The van der Waals surface area contributed by atoms with Gasteiger partial charge in [0, 0.05) is 24.9 Å². The van der Waals surface area contributed by atoms with Gasteiger partial charge in [0.1, 0.15) is 0 Å². The number of piperidine rings is 1. The summed E-state index contributed by atoms with van der Waals surface area (Å²) in [6, 6.07) is 5.89. The first-order valence-corrected chi connectivity index (χ1v) is 8.04. The Morgan fingerprint density at radius 3 is 2.47 bits per heavy atom. The van der Waals surface area contributed by atoms with E-state index >= 15 is 0 Å². The van der Waals surface area contributed by atoms with Gasteiger partial charge in [-0.15, -0.1) is 0 Å². The van der Waals surface area contributed by atoms with E-state index in [9.17, 15) is 18.3 Å². The third-order valence-corrected chi connectivity index (χ3v) is 4.34. The second-order valence-corrected chi connectivity index (χ2v) is 6.86. The van der Waals surface area contributed by atoms with Crippen LogP contribution in [0.5, 0.6) is 0 Å². The SMILES string of the molecule is CS(=O)(=O)c1ccc(C(=O)N2CCC[C@H](O)C2)cc1. The van der Waals surface area contributed by atoms with Gasteiger partial charge in [0.15, 0.2) is 9.84 Å². The number of sulfone groups is 1. The molecule has 6 heteroatoms. The molecule has 1 aliphatic heterocycles. The molecule has 0 spiro atoms. The van der Waals surface area contributed by atoms with E-state index in [1.54, 1.807) is 4.90 Å². The summed E-state index contributed by atoms with van der Waals surface area (Å²) in [6.07, 6.45) is 2.17. The topological polar surface area (TPSA) is 74.7 Å². The Bertz CT molecular complexity index is 565. The van der Waals surface area contributed by atoms with Gasteiger partial charge in [-0.1, -0.05) is 0 Å².